The molecule has 11 heteroatoms. The fourth-order valence-corrected chi connectivity index (χ4v) is 4.77. The molecular weight excluding hydrogens is 424 g/mol. The first-order valence-corrected chi connectivity index (χ1v) is 12.6. The number of rotatable bonds is 14. The third kappa shape index (κ3) is 9.63. The highest BCUT2D eigenvalue weighted by Gasteiger charge is 2.32. The number of sulfonamides is 1. The summed E-state index contributed by atoms with van der Waals surface area (Å²) in [6.45, 7) is 4.16. The summed E-state index contributed by atoms with van der Waals surface area (Å²) in [5.74, 6) is -2.02. The van der Waals surface area contributed by atoms with Crippen LogP contribution in [-0.2, 0) is 24.4 Å². The standard InChI is InChI=1S/C20H38N4O6S/c1-3-15(2)31(29,30)23-17(20(27)28)14-24(19(26)13-21)18(25)8-6-4-5-7-16-9-11-22-12-10-16/h15-17,22-23H,3-14,21H2,1-2H3,(H,27,28)/t15?,17-/m0/s1. The molecule has 1 aliphatic rings. The molecule has 1 aliphatic heterocycles. The van der Waals surface area contributed by atoms with Gasteiger partial charge in [0.25, 0.3) is 0 Å². The predicted molar refractivity (Wildman–Crippen MR) is 118 cm³/mol. The summed E-state index contributed by atoms with van der Waals surface area (Å²) < 4.78 is 26.6. The lowest BCUT2D eigenvalue weighted by Gasteiger charge is -2.25. The van der Waals surface area contributed by atoms with E-state index in [1.165, 1.54) is 19.8 Å². The van der Waals surface area contributed by atoms with Gasteiger partial charge < -0.3 is 16.2 Å². The van der Waals surface area contributed by atoms with Gasteiger partial charge in [-0.25, -0.2) is 8.42 Å². The van der Waals surface area contributed by atoms with E-state index in [2.05, 4.69) is 10.0 Å². The molecule has 0 bridgehead atoms. The third-order valence-corrected chi connectivity index (χ3v) is 7.82. The number of nitrogens with two attached hydrogens (primary N) is 1. The molecule has 0 radical (unpaired) electrons. The number of carboxylic acid groups (broad SMARTS) is 1. The molecule has 0 aromatic carbocycles. The number of aliphatic carboxylic acids is 1. The Hall–Kier alpha value is -1.56. The summed E-state index contributed by atoms with van der Waals surface area (Å²) in [5, 5.41) is 12.0. The zero-order chi connectivity index (χ0) is 23.4. The highest BCUT2D eigenvalue weighted by molar-refractivity contribution is 7.90. The summed E-state index contributed by atoms with van der Waals surface area (Å²) >= 11 is 0. The minimum atomic E-state index is -3.91. The monoisotopic (exact) mass is 462 g/mol. The molecule has 10 nitrogen and oxygen atoms in total. The van der Waals surface area contributed by atoms with Gasteiger partial charge in [-0.1, -0.05) is 26.2 Å². The molecule has 0 spiro atoms. The van der Waals surface area contributed by atoms with Crippen molar-refractivity contribution < 1.29 is 27.9 Å². The maximum atomic E-state index is 12.6. The number of carboxylic acids is 1. The summed E-state index contributed by atoms with van der Waals surface area (Å²) in [4.78, 5) is 37.1. The van der Waals surface area contributed by atoms with Crippen LogP contribution in [0, 0.1) is 5.92 Å². The zero-order valence-corrected chi connectivity index (χ0v) is 19.5. The van der Waals surface area contributed by atoms with E-state index < -0.39 is 52.2 Å². The summed E-state index contributed by atoms with van der Waals surface area (Å²) in [6.07, 6.45) is 6.24. The maximum Gasteiger partial charge on any atom is 0.323 e. The van der Waals surface area contributed by atoms with Crippen molar-refractivity contribution in [2.24, 2.45) is 11.7 Å². The summed E-state index contributed by atoms with van der Waals surface area (Å²) in [5.41, 5.74) is 5.38. The van der Waals surface area contributed by atoms with Gasteiger partial charge >= 0.3 is 5.97 Å². The Morgan fingerprint density at radius 3 is 2.35 bits per heavy atom. The number of hydrogen-bond donors (Lipinski definition) is 4. The predicted octanol–water partition coefficient (Wildman–Crippen LogP) is 0.422. The third-order valence-electron chi connectivity index (χ3n) is 5.81. The molecular formula is C20H38N4O6S. The van der Waals surface area contributed by atoms with Crippen molar-refractivity contribution in [2.75, 3.05) is 26.2 Å². The van der Waals surface area contributed by atoms with Crippen LogP contribution >= 0.6 is 0 Å². The quantitative estimate of drug-likeness (QED) is 0.270. The molecule has 0 aliphatic carbocycles. The van der Waals surface area contributed by atoms with Gasteiger partial charge in [-0.2, -0.15) is 4.72 Å². The van der Waals surface area contributed by atoms with E-state index in [9.17, 15) is 27.9 Å². The Morgan fingerprint density at radius 1 is 1.16 bits per heavy atom. The van der Waals surface area contributed by atoms with Crippen LogP contribution in [0.25, 0.3) is 0 Å². The van der Waals surface area contributed by atoms with Crippen molar-refractivity contribution in [1.82, 2.24) is 14.9 Å². The molecule has 5 N–H and O–H groups in total. The van der Waals surface area contributed by atoms with E-state index in [4.69, 9.17) is 5.73 Å². The fourth-order valence-electron chi connectivity index (χ4n) is 3.53. The number of piperidine rings is 1. The van der Waals surface area contributed by atoms with E-state index in [1.54, 1.807) is 6.92 Å². The number of carbonyl (C=O) groups excluding carboxylic acids is 2. The zero-order valence-electron chi connectivity index (χ0n) is 18.6. The lowest BCUT2D eigenvalue weighted by Crippen LogP contribution is -2.53. The molecule has 0 saturated carbocycles. The molecule has 1 heterocycles. The Labute approximate surface area is 185 Å². The van der Waals surface area contributed by atoms with Crippen LogP contribution in [0.15, 0.2) is 0 Å². The molecule has 31 heavy (non-hydrogen) atoms. The molecule has 0 aromatic heterocycles. The van der Waals surface area contributed by atoms with Crippen LogP contribution in [0.4, 0.5) is 0 Å². The van der Waals surface area contributed by atoms with Gasteiger partial charge in [0, 0.05) is 6.42 Å². The van der Waals surface area contributed by atoms with E-state index in [1.807, 2.05) is 0 Å². The smallest absolute Gasteiger partial charge is 0.323 e. The van der Waals surface area contributed by atoms with Gasteiger partial charge in [-0.3, -0.25) is 19.3 Å². The van der Waals surface area contributed by atoms with Gasteiger partial charge in [0.1, 0.15) is 6.04 Å². The van der Waals surface area contributed by atoms with Gasteiger partial charge in [0.15, 0.2) is 0 Å². The van der Waals surface area contributed by atoms with Crippen molar-refractivity contribution in [1.29, 1.82) is 0 Å². The van der Waals surface area contributed by atoms with Crippen molar-refractivity contribution in [3.05, 3.63) is 0 Å². The van der Waals surface area contributed by atoms with Crippen LogP contribution in [0.1, 0.15) is 65.2 Å². The number of amides is 2. The van der Waals surface area contributed by atoms with E-state index in [0.29, 0.717) is 18.8 Å². The Bertz CT molecular complexity index is 694. The summed E-state index contributed by atoms with van der Waals surface area (Å²) in [7, 11) is -3.91. The largest absolute Gasteiger partial charge is 0.480 e. The molecule has 0 aromatic rings. The first kappa shape index (κ1) is 27.5. The topological polar surface area (TPSA) is 159 Å². The van der Waals surface area contributed by atoms with Crippen LogP contribution in [0.3, 0.4) is 0 Å². The average Bonchev–Trinajstić information content (AvgIpc) is 2.75. The van der Waals surface area contributed by atoms with E-state index in [0.717, 1.165) is 37.3 Å². The van der Waals surface area contributed by atoms with Crippen molar-refractivity contribution in [3.8, 4) is 0 Å². The van der Waals surface area contributed by atoms with Gasteiger partial charge in [0.05, 0.1) is 18.3 Å². The first-order valence-electron chi connectivity index (χ1n) is 11.1. The number of nitrogens with zero attached hydrogens (tertiary/aromatic N) is 1. The number of hydrogen-bond acceptors (Lipinski definition) is 7. The van der Waals surface area contributed by atoms with Crippen molar-refractivity contribution >= 4 is 27.8 Å². The Kier molecular flexibility index (Phi) is 12.2. The highest BCUT2D eigenvalue weighted by atomic mass is 32.2. The Morgan fingerprint density at radius 2 is 1.81 bits per heavy atom. The summed E-state index contributed by atoms with van der Waals surface area (Å²) in [6, 6.07) is -1.63. The molecule has 180 valence electrons. The average molecular weight is 463 g/mol. The SMILES string of the molecule is CCC(C)S(=O)(=O)N[C@@H](CN(C(=O)CN)C(=O)CCCCCC1CCNCC1)C(=O)O. The lowest BCUT2D eigenvalue weighted by atomic mass is 9.92. The second-order valence-electron chi connectivity index (χ2n) is 8.17. The number of carbonyl (C=O) groups is 3. The van der Waals surface area contributed by atoms with Crippen LogP contribution in [0.5, 0.6) is 0 Å². The van der Waals surface area contributed by atoms with Crippen LogP contribution in [0.2, 0.25) is 0 Å². The molecule has 1 saturated heterocycles. The van der Waals surface area contributed by atoms with Crippen LogP contribution in [-0.4, -0.2) is 73.7 Å². The number of imide groups is 1. The van der Waals surface area contributed by atoms with Crippen molar-refractivity contribution in [3.63, 3.8) is 0 Å². The highest BCUT2D eigenvalue weighted by Crippen LogP contribution is 2.19. The first-order chi connectivity index (χ1) is 14.6. The minimum Gasteiger partial charge on any atom is -0.480 e. The van der Waals surface area contributed by atoms with Gasteiger partial charge in [-0.15, -0.1) is 0 Å². The van der Waals surface area contributed by atoms with Crippen molar-refractivity contribution in [2.45, 2.75) is 76.5 Å². The fraction of sp³-hybridized carbons (Fsp3) is 0.850. The minimum absolute atomic E-state index is 0.0857. The van der Waals surface area contributed by atoms with Gasteiger partial charge in [0.2, 0.25) is 21.8 Å². The van der Waals surface area contributed by atoms with E-state index in [-0.39, 0.29) is 6.42 Å². The molecule has 2 amide bonds. The molecule has 1 unspecified atom stereocenters. The molecule has 1 rings (SSSR count). The van der Waals surface area contributed by atoms with E-state index >= 15 is 0 Å². The Balaban J connectivity index is 2.63. The second kappa shape index (κ2) is 13.8. The number of unbranched alkanes of at least 4 members (excludes halogenated alkanes) is 2. The van der Waals surface area contributed by atoms with Gasteiger partial charge in [-0.05, 0) is 51.6 Å². The number of nitrogens with one attached hydrogen (secondary N) is 2. The molecule has 1 fully saturated rings. The molecule has 2 atom stereocenters. The second-order valence-corrected chi connectivity index (χ2v) is 10.3. The normalized spacial score (nSPS) is 17.1. The lowest BCUT2D eigenvalue weighted by molar-refractivity contribution is -0.146. The maximum absolute atomic E-state index is 12.6. The van der Waals surface area contributed by atoms with Crippen LogP contribution < -0.4 is 15.8 Å².